The molecule has 0 aromatic heterocycles. The van der Waals surface area contributed by atoms with Crippen LogP contribution in [0.25, 0.3) is 17.7 Å². The van der Waals surface area contributed by atoms with Gasteiger partial charge in [0.05, 0.1) is 0 Å². The van der Waals surface area contributed by atoms with Crippen molar-refractivity contribution in [2.45, 2.75) is 20.8 Å². The molecule has 0 aliphatic carbocycles. The summed E-state index contributed by atoms with van der Waals surface area (Å²) in [5.74, 6) is 0. The first-order valence-electron chi connectivity index (χ1n) is 12.4. The summed E-state index contributed by atoms with van der Waals surface area (Å²) in [6.45, 7) is 6.30. The van der Waals surface area contributed by atoms with E-state index in [4.69, 9.17) is 0 Å². The Balaban J connectivity index is 1.53. The zero-order valence-electron chi connectivity index (χ0n) is 21.3. The molecular formula is C35H33N. The number of hydrogen-bond donors (Lipinski definition) is 0. The standard InChI is InChI=1S/C35H33N/c1-4-5-7-13-30-15-11-16-31(27-30)14-10-12-29(3)32-21-25-35(26-22-32)36(33-17-8-6-9-18-33)34-23-19-28(2)20-24-34/h4-27H,1-3H3. The van der Waals surface area contributed by atoms with Gasteiger partial charge < -0.3 is 4.90 Å². The summed E-state index contributed by atoms with van der Waals surface area (Å²) >= 11 is 0. The quantitative estimate of drug-likeness (QED) is 0.233. The van der Waals surface area contributed by atoms with E-state index in [9.17, 15) is 0 Å². The average molecular weight is 468 g/mol. The van der Waals surface area contributed by atoms with Gasteiger partial charge in [-0.25, -0.2) is 0 Å². The Morgan fingerprint density at radius 1 is 0.611 bits per heavy atom. The number of rotatable bonds is 8. The fraction of sp³-hybridized carbons (Fsp3) is 0.0857. The molecule has 0 atom stereocenters. The van der Waals surface area contributed by atoms with Gasteiger partial charge in [0.25, 0.3) is 0 Å². The number of para-hydroxylation sites is 1. The largest absolute Gasteiger partial charge is 0.311 e. The second-order valence-electron chi connectivity index (χ2n) is 8.82. The lowest BCUT2D eigenvalue weighted by Crippen LogP contribution is -2.09. The van der Waals surface area contributed by atoms with Gasteiger partial charge in [-0.2, -0.15) is 0 Å². The minimum atomic E-state index is 1.14. The molecule has 4 aromatic rings. The van der Waals surface area contributed by atoms with Crippen LogP contribution < -0.4 is 4.90 Å². The van der Waals surface area contributed by atoms with Gasteiger partial charge in [-0.1, -0.05) is 109 Å². The van der Waals surface area contributed by atoms with Crippen molar-refractivity contribution in [3.05, 3.63) is 156 Å². The number of hydrogen-bond acceptors (Lipinski definition) is 1. The van der Waals surface area contributed by atoms with E-state index in [1.165, 1.54) is 27.8 Å². The highest BCUT2D eigenvalue weighted by Gasteiger charge is 2.12. The Hall–Kier alpha value is -4.36. The molecule has 0 saturated heterocycles. The summed E-state index contributed by atoms with van der Waals surface area (Å²) in [6, 6.07) is 36.5. The molecule has 0 spiro atoms. The van der Waals surface area contributed by atoms with Gasteiger partial charge in [-0.3, -0.25) is 0 Å². The molecule has 1 nitrogen and oxygen atoms in total. The first-order chi connectivity index (χ1) is 17.6. The van der Waals surface area contributed by atoms with Crippen LogP contribution in [-0.4, -0.2) is 0 Å². The molecule has 0 aliphatic heterocycles. The van der Waals surface area contributed by atoms with Crippen LogP contribution in [0.2, 0.25) is 0 Å². The Labute approximate surface area is 216 Å². The highest BCUT2D eigenvalue weighted by atomic mass is 15.1. The highest BCUT2D eigenvalue weighted by Crippen LogP contribution is 2.35. The topological polar surface area (TPSA) is 3.24 Å². The zero-order valence-corrected chi connectivity index (χ0v) is 21.3. The van der Waals surface area contributed by atoms with Crippen molar-refractivity contribution < 1.29 is 0 Å². The second-order valence-corrected chi connectivity index (χ2v) is 8.82. The molecule has 0 fully saturated rings. The number of allylic oxidation sites excluding steroid dienone is 6. The molecule has 36 heavy (non-hydrogen) atoms. The van der Waals surface area contributed by atoms with E-state index >= 15 is 0 Å². The maximum atomic E-state index is 2.29. The molecule has 0 aliphatic rings. The smallest absolute Gasteiger partial charge is 0.0462 e. The molecule has 0 bridgehead atoms. The number of aryl methyl sites for hydroxylation is 1. The molecule has 4 rings (SSSR count). The highest BCUT2D eigenvalue weighted by molar-refractivity contribution is 5.78. The third-order valence-corrected chi connectivity index (χ3v) is 6.03. The summed E-state index contributed by atoms with van der Waals surface area (Å²) in [5, 5.41) is 0. The lowest BCUT2D eigenvalue weighted by molar-refractivity contribution is 1.27. The van der Waals surface area contributed by atoms with Crippen molar-refractivity contribution in [1.29, 1.82) is 0 Å². The van der Waals surface area contributed by atoms with Crippen molar-refractivity contribution in [3.8, 4) is 0 Å². The van der Waals surface area contributed by atoms with Gasteiger partial charge in [0.2, 0.25) is 0 Å². The molecule has 178 valence electrons. The Morgan fingerprint density at radius 3 is 1.83 bits per heavy atom. The minimum Gasteiger partial charge on any atom is -0.311 e. The Kier molecular flexibility index (Phi) is 8.51. The molecule has 0 N–H and O–H groups in total. The predicted molar refractivity (Wildman–Crippen MR) is 159 cm³/mol. The summed E-state index contributed by atoms with van der Waals surface area (Å²) < 4.78 is 0. The minimum absolute atomic E-state index is 1.14. The maximum absolute atomic E-state index is 2.29. The molecule has 4 aromatic carbocycles. The monoisotopic (exact) mass is 467 g/mol. The molecule has 0 radical (unpaired) electrons. The first-order valence-corrected chi connectivity index (χ1v) is 12.4. The van der Waals surface area contributed by atoms with Gasteiger partial charge in [0.1, 0.15) is 0 Å². The van der Waals surface area contributed by atoms with E-state index in [-0.39, 0.29) is 0 Å². The van der Waals surface area contributed by atoms with E-state index in [2.05, 4.69) is 152 Å². The van der Waals surface area contributed by atoms with E-state index in [0.29, 0.717) is 0 Å². The fourth-order valence-corrected chi connectivity index (χ4v) is 4.04. The van der Waals surface area contributed by atoms with E-state index in [0.717, 1.165) is 17.1 Å². The maximum Gasteiger partial charge on any atom is 0.0462 e. The van der Waals surface area contributed by atoms with E-state index in [1.54, 1.807) is 0 Å². The lowest BCUT2D eigenvalue weighted by Gasteiger charge is -2.25. The summed E-state index contributed by atoms with van der Waals surface area (Å²) in [5.41, 5.74) is 9.51. The Morgan fingerprint density at radius 2 is 1.19 bits per heavy atom. The third-order valence-electron chi connectivity index (χ3n) is 6.03. The van der Waals surface area contributed by atoms with Crippen LogP contribution in [0.5, 0.6) is 0 Å². The molecule has 0 unspecified atom stereocenters. The van der Waals surface area contributed by atoms with Crippen molar-refractivity contribution in [2.75, 3.05) is 4.90 Å². The number of nitrogens with zero attached hydrogens (tertiary/aromatic N) is 1. The third kappa shape index (κ3) is 6.61. The molecule has 0 heterocycles. The SMILES string of the molecule is CC=CC=Cc1cccc(C=CC=C(C)c2ccc(N(c3ccccc3)c3ccc(C)cc3)cc2)c1. The van der Waals surface area contributed by atoms with Gasteiger partial charge in [0.15, 0.2) is 0 Å². The molecular weight excluding hydrogens is 434 g/mol. The second kappa shape index (κ2) is 12.4. The normalized spacial score (nSPS) is 12.1. The summed E-state index contributed by atoms with van der Waals surface area (Å²) in [6.07, 6.45) is 14.7. The fourth-order valence-electron chi connectivity index (χ4n) is 4.04. The number of benzene rings is 4. The van der Waals surface area contributed by atoms with Crippen LogP contribution in [0.15, 0.2) is 134 Å². The van der Waals surface area contributed by atoms with Crippen molar-refractivity contribution in [3.63, 3.8) is 0 Å². The summed E-state index contributed by atoms with van der Waals surface area (Å²) in [7, 11) is 0. The van der Waals surface area contributed by atoms with E-state index < -0.39 is 0 Å². The molecule has 0 saturated carbocycles. The Bertz CT molecular complexity index is 1370. The van der Waals surface area contributed by atoms with Crippen LogP contribution in [-0.2, 0) is 0 Å². The predicted octanol–water partition coefficient (Wildman–Crippen LogP) is 10.2. The summed E-state index contributed by atoms with van der Waals surface area (Å²) in [4.78, 5) is 2.29. The average Bonchev–Trinajstić information content (AvgIpc) is 2.91. The van der Waals surface area contributed by atoms with Crippen LogP contribution in [0.1, 0.15) is 36.1 Å². The van der Waals surface area contributed by atoms with Gasteiger partial charge in [0, 0.05) is 17.1 Å². The number of anilines is 3. The van der Waals surface area contributed by atoms with Gasteiger partial charge in [-0.15, -0.1) is 0 Å². The molecule has 0 amide bonds. The van der Waals surface area contributed by atoms with Gasteiger partial charge >= 0.3 is 0 Å². The van der Waals surface area contributed by atoms with Crippen LogP contribution in [0.4, 0.5) is 17.1 Å². The van der Waals surface area contributed by atoms with Crippen LogP contribution in [0.3, 0.4) is 0 Å². The van der Waals surface area contributed by atoms with Crippen molar-refractivity contribution >= 4 is 34.8 Å². The lowest BCUT2D eigenvalue weighted by atomic mass is 10.0. The van der Waals surface area contributed by atoms with Gasteiger partial charge in [-0.05, 0) is 85.5 Å². The zero-order chi connectivity index (χ0) is 25.2. The first kappa shape index (κ1) is 24.8. The van der Waals surface area contributed by atoms with Crippen LogP contribution >= 0.6 is 0 Å². The van der Waals surface area contributed by atoms with Crippen LogP contribution in [0, 0.1) is 6.92 Å². The van der Waals surface area contributed by atoms with E-state index in [1.807, 2.05) is 19.1 Å². The van der Waals surface area contributed by atoms with Crippen molar-refractivity contribution in [1.82, 2.24) is 0 Å². The van der Waals surface area contributed by atoms with Crippen molar-refractivity contribution in [2.24, 2.45) is 0 Å². The molecule has 1 heteroatoms.